The van der Waals surface area contributed by atoms with Crippen molar-refractivity contribution in [2.45, 2.75) is 13.8 Å². The number of nitrogens with zero attached hydrogens (tertiary/aromatic N) is 3. The van der Waals surface area contributed by atoms with Crippen molar-refractivity contribution in [3.05, 3.63) is 62.9 Å². The summed E-state index contributed by atoms with van der Waals surface area (Å²) < 4.78 is 17.2. The molecule has 162 valence electrons. The van der Waals surface area contributed by atoms with Crippen molar-refractivity contribution in [1.82, 2.24) is 14.6 Å². The van der Waals surface area contributed by atoms with Crippen LogP contribution in [0.5, 0.6) is 17.2 Å². The van der Waals surface area contributed by atoms with Crippen LogP contribution in [-0.4, -0.2) is 33.6 Å². The van der Waals surface area contributed by atoms with Crippen LogP contribution in [0.15, 0.2) is 47.3 Å². The Morgan fingerprint density at radius 2 is 1.72 bits per heavy atom. The standard InChI is InChI=1S/C22H17N3O6S/c1-12(26)30-16-7-5-4-6-15(16)20-23-22-25(24-20)21(28)19(32-22)11-14-8-9-17(31-13(2)27)18(10-14)29-3/h4-11H,1-3H3/b19-11-. The molecule has 0 saturated heterocycles. The molecular formula is C22H17N3O6S. The third kappa shape index (κ3) is 4.21. The highest BCUT2D eigenvalue weighted by atomic mass is 32.1. The number of rotatable bonds is 5. The molecule has 2 aromatic heterocycles. The van der Waals surface area contributed by atoms with E-state index in [0.29, 0.717) is 37.9 Å². The van der Waals surface area contributed by atoms with E-state index in [4.69, 9.17) is 14.2 Å². The number of fused-ring (bicyclic) bond motifs is 1. The van der Waals surface area contributed by atoms with E-state index in [1.54, 1.807) is 48.5 Å². The zero-order valence-electron chi connectivity index (χ0n) is 17.3. The van der Waals surface area contributed by atoms with Gasteiger partial charge in [-0.2, -0.15) is 9.50 Å². The van der Waals surface area contributed by atoms with Crippen molar-refractivity contribution >= 4 is 34.3 Å². The fraction of sp³-hybridized carbons (Fsp3) is 0.136. The van der Waals surface area contributed by atoms with Crippen molar-refractivity contribution in [3.63, 3.8) is 0 Å². The van der Waals surface area contributed by atoms with E-state index >= 15 is 0 Å². The summed E-state index contributed by atoms with van der Waals surface area (Å²) in [6.45, 7) is 2.61. The molecule has 2 aromatic carbocycles. The smallest absolute Gasteiger partial charge is 0.308 e. The first-order valence-corrected chi connectivity index (χ1v) is 10.2. The number of esters is 2. The highest BCUT2D eigenvalue weighted by Gasteiger charge is 2.16. The number of thiazole rings is 1. The molecule has 0 N–H and O–H groups in total. The maximum absolute atomic E-state index is 12.9. The Morgan fingerprint density at radius 1 is 1.00 bits per heavy atom. The minimum absolute atomic E-state index is 0.282. The van der Waals surface area contributed by atoms with E-state index in [-0.39, 0.29) is 11.4 Å². The summed E-state index contributed by atoms with van der Waals surface area (Å²) >= 11 is 1.17. The van der Waals surface area contributed by atoms with Crippen LogP contribution in [0.4, 0.5) is 0 Å². The molecule has 0 aliphatic heterocycles. The molecule has 0 aliphatic rings. The Morgan fingerprint density at radius 3 is 2.41 bits per heavy atom. The van der Waals surface area contributed by atoms with E-state index in [0.717, 1.165) is 0 Å². The van der Waals surface area contributed by atoms with E-state index in [1.165, 1.54) is 36.8 Å². The first-order chi connectivity index (χ1) is 15.4. The first-order valence-electron chi connectivity index (χ1n) is 9.41. The maximum atomic E-state index is 12.9. The van der Waals surface area contributed by atoms with Gasteiger partial charge in [0, 0.05) is 13.8 Å². The molecule has 2 heterocycles. The Balaban J connectivity index is 1.73. The lowest BCUT2D eigenvalue weighted by Gasteiger charge is -2.08. The fourth-order valence-electron chi connectivity index (χ4n) is 3.01. The Kier molecular flexibility index (Phi) is 5.69. The molecule has 4 rings (SSSR count). The summed E-state index contributed by atoms with van der Waals surface area (Å²) in [5.41, 5.74) is 0.853. The van der Waals surface area contributed by atoms with Crippen molar-refractivity contribution in [3.8, 4) is 28.6 Å². The van der Waals surface area contributed by atoms with Crippen molar-refractivity contribution in [1.29, 1.82) is 0 Å². The van der Waals surface area contributed by atoms with Gasteiger partial charge in [0.05, 0.1) is 17.2 Å². The lowest BCUT2D eigenvalue weighted by atomic mass is 10.2. The third-order valence-corrected chi connectivity index (χ3v) is 5.26. The van der Waals surface area contributed by atoms with Crippen LogP contribution in [0, 0.1) is 0 Å². The normalized spacial score (nSPS) is 11.5. The van der Waals surface area contributed by atoms with Crippen LogP contribution < -0.4 is 24.3 Å². The Hall–Kier alpha value is -4.05. The summed E-state index contributed by atoms with van der Waals surface area (Å²) in [5.74, 6) is 0.332. The Bertz CT molecular complexity index is 1460. The molecular weight excluding hydrogens is 434 g/mol. The minimum Gasteiger partial charge on any atom is -0.493 e. The van der Waals surface area contributed by atoms with Crippen molar-refractivity contribution < 1.29 is 23.8 Å². The summed E-state index contributed by atoms with van der Waals surface area (Å²) in [7, 11) is 1.46. The SMILES string of the molecule is COc1cc(/C=c2\sc3nc(-c4ccccc4OC(C)=O)nn3c2=O)ccc1OC(C)=O. The topological polar surface area (TPSA) is 109 Å². The zero-order chi connectivity index (χ0) is 22.8. The van der Waals surface area contributed by atoms with Gasteiger partial charge in [-0.05, 0) is 35.9 Å². The number of ether oxygens (including phenoxy) is 3. The number of methoxy groups -OCH3 is 1. The highest BCUT2D eigenvalue weighted by molar-refractivity contribution is 7.15. The van der Waals surface area contributed by atoms with Gasteiger partial charge in [-0.3, -0.25) is 14.4 Å². The van der Waals surface area contributed by atoms with Gasteiger partial charge in [-0.1, -0.05) is 29.5 Å². The predicted molar refractivity (Wildman–Crippen MR) is 117 cm³/mol. The predicted octanol–water partition coefficient (Wildman–Crippen LogP) is 2.22. The molecule has 0 radical (unpaired) electrons. The number of carbonyl (C=O) groups excluding carboxylic acids is 2. The lowest BCUT2D eigenvalue weighted by molar-refractivity contribution is -0.132. The van der Waals surface area contributed by atoms with Crippen molar-refractivity contribution in [2.75, 3.05) is 7.11 Å². The average molecular weight is 451 g/mol. The molecule has 0 atom stereocenters. The largest absolute Gasteiger partial charge is 0.493 e. The van der Waals surface area contributed by atoms with Gasteiger partial charge in [0.25, 0.3) is 5.56 Å². The summed E-state index contributed by atoms with van der Waals surface area (Å²) in [6.07, 6.45) is 1.68. The second-order valence-electron chi connectivity index (χ2n) is 6.64. The van der Waals surface area contributed by atoms with E-state index in [2.05, 4.69) is 10.1 Å². The van der Waals surface area contributed by atoms with Crippen LogP contribution in [0.1, 0.15) is 19.4 Å². The maximum Gasteiger partial charge on any atom is 0.308 e. The minimum atomic E-state index is -0.463. The zero-order valence-corrected chi connectivity index (χ0v) is 18.1. The molecule has 0 aliphatic carbocycles. The average Bonchev–Trinajstić information content (AvgIpc) is 3.28. The van der Waals surface area contributed by atoms with Crippen molar-refractivity contribution in [2.24, 2.45) is 0 Å². The second-order valence-corrected chi connectivity index (χ2v) is 7.65. The van der Waals surface area contributed by atoms with Crippen LogP contribution >= 0.6 is 11.3 Å². The Labute approximate surface area is 185 Å². The molecule has 10 heteroatoms. The van der Waals surface area contributed by atoms with Gasteiger partial charge in [0.15, 0.2) is 17.3 Å². The molecule has 4 aromatic rings. The van der Waals surface area contributed by atoms with Crippen LogP contribution in [0.3, 0.4) is 0 Å². The third-order valence-electron chi connectivity index (χ3n) is 4.30. The summed E-state index contributed by atoms with van der Waals surface area (Å²) in [6, 6.07) is 11.8. The summed E-state index contributed by atoms with van der Waals surface area (Å²) in [4.78, 5) is 40.3. The molecule has 0 fully saturated rings. The fourth-order valence-corrected chi connectivity index (χ4v) is 3.92. The van der Waals surface area contributed by atoms with Gasteiger partial charge < -0.3 is 14.2 Å². The van der Waals surface area contributed by atoms with Crippen LogP contribution in [0.25, 0.3) is 22.4 Å². The van der Waals surface area contributed by atoms with Crippen LogP contribution in [-0.2, 0) is 9.59 Å². The molecule has 0 spiro atoms. The van der Waals surface area contributed by atoms with E-state index < -0.39 is 11.9 Å². The molecule has 0 bridgehead atoms. The highest BCUT2D eigenvalue weighted by Crippen LogP contribution is 2.29. The molecule has 0 saturated carbocycles. The number of hydrogen-bond acceptors (Lipinski definition) is 9. The monoisotopic (exact) mass is 451 g/mol. The van der Waals surface area contributed by atoms with Gasteiger partial charge >= 0.3 is 11.9 Å². The molecule has 32 heavy (non-hydrogen) atoms. The molecule has 0 amide bonds. The number of aromatic nitrogens is 3. The number of para-hydroxylation sites is 1. The quantitative estimate of drug-likeness (QED) is 0.336. The number of carbonyl (C=O) groups is 2. The number of hydrogen-bond donors (Lipinski definition) is 0. The molecule has 9 nitrogen and oxygen atoms in total. The number of benzene rings is 2. The molecule has 0 unspecified atom stereocenters. The summed E-state index contributed by atoms with van der Waals surface area (Å²) in [5, 5.41) is 4.30. The van der Waals surface area contributed by atoms with E-state index in [1.807, 2.05) is 0 Å². The first kappa shape index (κ1) is 21.2. The van der Waals surface area contributed by atoms with Gasteiger partial charge in [-0.25, -0.2) is 0 Å². The van der Waals surface area contributed by atoms with Gasteiger partial charge in [0.2, 0.25) is 4.96 Å². The van der Waals surface area contributed by atoms with E-state index in [9.17, 15) is 14.4 Å². The van der Waals surface area contributed by atoms with Crippen LogP contribution in [0.2, 0.25) is 0 Å². The van der Waals surface area contributed by atoms with Gasteiger partial charge in [0.1, 0.15) is 5.75 Å². The second kappa shape index (κ2) is 8.60. The lowest BCUT2D eigenvalue weighted by Crippen LogP contribution is -2.23. The van der Waals surface area contributed by atoms with Gasteiger partial charge in [-0.15, -0.1) is 5.10 Å².